The van der Waals surface area contributed by atoms with Crippen LogP contribution in [0.25, 0.3) is 10.9 Å². The minimum atomic E-state index is -0.591. The molecule has 1 fully saturated rings. The van der Waals surface area contributed by atoms with Crippen molar-refractivity contribution in [1.82, 2.24) is 9.88 Å². The Morgan fingerprint density at radius 1 is 1.23 bits per heavy atom. The molecule has 5 nitrogen and oxygen atoms in total. The normalized spacial score (nSPS) is 18.2. The van der Waals surface area contributed by atoms with E-state index in [9.17, 15) is 9.59 Å². The Bertz CT molecular complexity index is 709. The second-order valence-corrected chi connectivity index (χ2v) is 5.68. The topological polar surface area (TPSA) is 62.3 Å². The summed E-state index contributed by atoms with van der Waals surface area (Å²) in [6.07, 6.45) is 4.69. The molecule has 1 atom stereocenters. The summed E-state index contributed by atoms with van der Waals surface area (Å²) in [4.78, 5) is 30.6. The number of fused-ring (bicyclic) bond motifs is 1. The van der Waals surface area contributed by atoms with E-state index in [1.807, 2.05) is 31.2 Å². The maximum Gasteiger partial charge on any atom is 0.313 e. The molecule has 1 unspecified atom stereocenters. The summed E-state index contributed by atoms with van der Waals surface area (Å²) in [5.74, 6) is -1.05. The van der Waals surface area contributed by atoms with Gasteiger partial charge in [-0.25, -0.2) is 0 Å². The number of hydrogen-bond donors (Lipinski definition) is 1. The minimum Gasteiger partial charge on any atom is -0.332 e. The predicted molar refractivity (Wildman–Crippen MR) is 85.4 cm³/mol. The molecule has 1 aromatic carbocycles. The highest BCUT2D eigenvalue weighted by molar-refractivity contribution is 6.40. The van der Waals surface area contributed by atoms with E-state index in [0.717, 1.165) is 24.6 Å². The van der Waals surface area contributed by atoms with E-state index >= 15 is 0 Å². The van der Waals surface area contributed by atoms with Gasteiger partial charge in [0.05, 0.1) is 11.2 Å². The molecule has 2 aromatic rings. The summed E-state index contributed by atoms with van der Waals surface area (Å²) >= 11 is 0. The number of amides is 2. The van der Waals surface area contributed by atoms with Crippen LogP contribution in [0.1, 0.15) is 26.2 Å². The Hall–Kier alpha value is -2.43. The average molecular weight is 297 g/mol. The van der Waals surface area contributed by atoms with Crippen LogP contribution in [0.15, 0.2) is 36.5 Å². The van der Waals surface area contributed by atoms with E-state index in [4.69, 9.17) is 0 Å². The molecule has 1 aliphatic heterocycles. The lowest BCUT2D eigenvalue weighted by atomic mass is 10.0. The van der Waals surface area contributed by atoms with Gasteiger partial charge in [-0.2, -0.15) is 0 Å². The second kappa shape index (κ2) is 6.13. The molecule has 1 N–H and O–H groups in total. The lowest BCUT2D eigenvalue weighted by molar-refractivity contribution is -0.145. The Balaban J connectivity index is 1.79. The van der Waals surface area contributed by atoms with E-state index < -0.39 is 11.8 Å². The van der Waals surface area contributed by atoms with Crippen LogP contribution in [0.3, 0.4) is 0 Å². The summed E-state index contributed by atoms with van der Waals surface area (Å²) in [5, 5.41) is 3.64. The molecule has 0 radical (unpaired) electrons. The molecular weight excluding hydrogens is 278 g/mol. The van der Waals surface area contributed by atoms with Crippen molar-refractivity contribution in [2.75, 3.05) is 11.9 Å². The maximum atomic E-state index is 12.3. The molecule has 3 rings (SSSR count). The van der Waals surface area contributed by atoms with Gasteiger partial charge in [-0.3, -0.25) is 14.6 Å². The van der Waals surface area contributed by atoms with Gasteiger partial charge < -0.3 is 10.2 Å². The molecule has 1 saturated heterocycles. The van der Waals surface area contributed by atoms with Crippen molar-refractivity contribution in [1.29, 1.82) is 0 Å². The second-order valence-electron chi connectivity index (χ2n) is 5.68. The van der Waals surface area contributed by atoms with Crippen LogP contribution < -0.4 is 5.32 Å². The van der Waals surface area contributed by atoms with Crippen LogP contribution in [0.2, 0.25) is 0 Å². The van der Waals surface area contributed by atoms with Crippen molar-refractivity contribution in [2.45, 2.75) is 32.2 Å². The van der Waals surface area contributed by atoms with Gasteiger partial charge in [0.25, 0.3) is 0 Å². The Morgan fingerprint density at radius 2 is 2.05 bits per heavy atom. The number of aromatic nitrogens is 1. The van der Waals surface area contributed by atoms with Gasteiger partial charge in [-0.1, -0.05) is 18.2 Å². The monoisotopic (exact) mass is 297 g/mol. The number of para-hydroxylation sites is 1. The van der Waals surface area contributed by atoms with E-state index in [1.165, 1.54) is 0 Å². The number of nitrogens with zero attached hydrogens (tertiary/aromatic N) is 2. The predicted octanol–water partition coefficient (Wildman–Crippen LogP) is 2.57. The summed E-state index contributed by atoms with van der Waals surface area (Å²) in [5.41, 5.74) is 1.26. The number of benzene rings is 1. The van der Waals surface area contributed by atoms with Crippen molar-refractivity contribution >= 4 is 28.4 Å². The van der Waals surface area contributed by atoms with Gasteiger partial charge in [0.15, 0.2) is 0 Å². The average Bonchev–Trinajstić information content (AvgIpc) is 2.55. The lowest BCUT2D eigenvalue weighted by Gasteiger charge is -2.32. The summed E-state index contributed by atoms with van der Waals surface area (Å²) in [6, 6.07) is 9.42. The zero-order valence-electron chi connectivity index (χ0n) is 12.6. The number of nitrogens with one attached hydrogen (secondary N) is 1. The van der Waals surface area contributed by atoms with Crippen LogP contribution in [-0.2, 0) is 9.59 Å². The van der Waals surface area contributed by atoms with Gasteiger partial charge in [-0.15, -0.1) is 0 Å². The number of carbonyl (C=O) groups excluding carboxylic acids is 2. The van der Waals surface area contributed by atoms with Crippen molar-refractivity contribution in [3.8, 4) is 0 Å². The molecule has 1 aliphatic rings. The molecular formula is C17H19N3O2. The van der Waals surface area contributed by atoms with Crippen molar-refractivity contribution in [3.05, 3.63) is 36.5 Å². The van der Waals surface area contributed by atoms with E-state index in [-0.39, 0.29) is 6.04 Å². The zero-order valence-corrected chi connectivity index (χ0v) is 12.6. The fourth-order valence-electron chi connectivity index (χ4n) is 2.91. The van der Waals surface area contributed by atoms with Crippen molar-refractivity contribution < 1.29 is 9.59 Å². The zero-order chi connectivity index (χ0) is 15.5. The lowest BCUT2D eigenvalue weighted by Crippen LogP contribution is -2.47. The van der Waals surface area contributed by atoms with E-state index in [0.29, 0.717) is 17.7 Å². The Morgan fingerprint density at radius 3 is 2.86 bits per heavy atom. The van der Waals surface area contributed by atoms with Gasteiger partial charge in [0, 0.05) is 24.2 Å². The third kappa shape index (κ3) is 2.79. The number of likely N-dealkylation sites (tertiary alicyclic amines) is 1. The van der Waals surface area contributed by atoms with Gasteiger partial charge in [-0.05, 0) is 38.3 Å². The number of piperidine rings is 1. The fourth-order valence-corrected chi connectivity index (χ4v) is 2.91. The number of pyridine rings is 1. The van der Waals surface area contributed by atoms with Crippen LogP contribution in [-0.4, -0.2) is 34.3 Å². The first-order valence-corrected chi connectivity index (χ1v) is 7.62. The summed E-state index contributed by atoms with van der Waals surface area (Å²) in [7, 11) is 0. The van der Waals surface area contributed by atoms with Crippen molar-refractivity contribution in [3.63, 3.8) is 0 Å². The van der Waals surface area contributed by atoms with Gasteiger partial charge in [0.2, 0.25) is 0 Å². The molecule has 5 heteroatoms. The molecule has 0 bridgehead atoms. The first-order chi connectivity index (χ1) is 10.7. The molecule has 114 valence electrons. The summed E-state index contributed by atoms with van der Waals surface area (Å²) in [6.45, 7) is 2.64. The molecule has 2 amide bonds. The number of rotatable bonds is 1. The molecule has 1 aromatic heterocycles. The van der Waals surface area contributed by atoms with Crippen LogP contribution >= 0.6 is 0 Å². The van der Waals surface area contributed by atoms with E-state index in [2.05, 4.69) is 10.3 Å². The maximum absolute atomic E-state index is 12.3. The van der Waals surface area contributed by atoms with Crippen LogP contribution in [0, 0.1) is 0 Å². The van der Waals surface area contributed by atoms with E-state index in [1.54, 1.807) is 17.2 Å². The van der Waals surface area contributed by atoms with Gasteiger partial charge >= 0.3 is 11.8 Å². The van der Waals surface area contributed by atoms with Crippen LogP contribution in [0.5, 0.6) is 0 Å². The highest BCUT2D eigenvalue weighted by Crippen LogP contribution is 2.21. The fraction of sp³-hybridized carbons (Fsp3) is 0.353. The quantitative estimate of drug-likeness (QED) is 0.823. The highest BCUT2D eigenvalue weighted by Gasteiger charge is 2.28. The SMILES string of the molecule is CC1CCCCN1C(=O)C(=O)Nc1cccc2cccnc12. The van der Waals surface area contributed by atoms with Crippen molar-refractivity contribution in [2.24, 2.45) is 0 Å². The standard InChI is InChI=1S/C17H19N3O2/c1-12-6-2-3-11-20(12)17(22)16(21)19-14-9-4-7-13-8-5-10-18-15(13)14/h4-5,7-10,12H,2-3,6,11H2,1H3,(H,19,21). The largest absolute Gasteiger partial charge is 0.332 e. The third-order valence-electron chi connectivity index (χ3n) is 4.14. The first kappa shape index (κ1) is 14.5. The molecule has 0 spiro atoms. The van der Waals surface area contributed by atoms with Gasteiger partial charge in [0.1, 0.15) is 0 Å². The Kier molecular flexibility index (Phi) is 4.04. The summed E-state index contributed by atoms with van der Waals surface area (Å²) < 4.78 is 0. The van der Waals surface area contributed by atoms with Crippen LogP contribution in [0.4, 0.5) is 5.69 Å². The molecule has 0 saturated carbocycles. The molecule has 2 heterocycles. The third-order valence-corrected chi connectivity index (χ3v) is 4.14. The number of anilines is 1. The molecule has 22 heavy (non-hydrogen) atoms. The first-order valence-electron chi connectivity index (χ1n) is 7.62. The number of hydrogen-bond acceptors (Lipinski definition) is 3. The Labute approximate surface area is 129 Å². The highest BCUT2D eigenvalue weighted by atomic mass is 16.2. The minimum absolute atomic E-state index is 0.123. The number of carbonyl (C=O) groups is 2. The molecule has 0 aliphatic carbocycles. The smallest absolute Gasteiger partial charge is 0.313 e.